The molecule has 114 valence electrons. The predicted molar refractivity (Wildman–Crippen MR) is 82.1 cm³/mol. The van der Waals surface area contributed by atoms with Gasteiger partial charge in [0.2, 0.25) is 5.91 Å². The Morgan fingerprint density at radius 1 is 1.10 bits per heavy atom. The van der Waals surface area contributed by atoms with Gasteiger partial charge in [0.25, 0.3) is 0 Å². The van der Waals surface area contributed by atoms with Gasteiger partial charge in [-0.15, -0.1) is 12.4 Å². The minimum Gasteiger partial charge on any atom is -0.354 e. The van der Waals surface area contributed by atoms with Gasteiger partial charge in [0.05, 0.1) is 11.9 Å². The van der Waals surface area contributed by atoms with Gasteiger partial charge in [-0.1, -0.05) is 0 Å². The fourth-order valence-electron chi connectivity index (χ4n) is 2.43. The van der Waals surface area contributed by atoms with E-state index in [1.54, 1.807) is 6.20 Å². The standard InChI is InChI=1S/C13H17N5O2.ClH/c19-12-3-6-18(13(20)16-12)10-1-2-11(15-9-10)17-7-4-14-5-8-17;/h1-2,9,14H,3-8H2,(H,16,19,20);1H. The Balaban J connectivity index is 0.00000161. The van der Waals surface area contributed by atoms with Crippen molar-refractivity contribution in [1.29, 1.82) is 0 Å². The number of nitrogens with one attached hydrogen (secondary N) is 2. The molecular weight excluding hydrogens is 294 g/mol. The van der Waals surface area contributed by atoms with Crippen LogP contribution in [0.5, 0.6) is 0 Å². The zero-order valence-corrected chi connectivity index (χ0v) is 12.4. The molecule has 0 unspecified atom stereocenters. The van der Waals surface area contributed by atoms with Gasteiger partial charge in [0.1, 0.15) is 5.82 Å². The molecule has 0 aromatic carbocycles. The summed E-state index contributed by atoms with van der Waals surface area (Å²) in [5.74, 6) is 0.695. The number of anilines is 2. The Hall–Kier alpha value is -1.86. The van der Waals surface area contributed by atoms with Crippen LogP contribution in [0, 0.1) is 0 Å². The lowest BCUT2D eigenvalue weighted by Gasteiger charge is -2.29. The van der Waals surface area contributed by atoms with E-state index in [0.717, 1.165) is 32.0 Å². The van der Waals surface area contributed by atoms with Gasteiger partial charge in [-0.2, -0.15) is 0 Å². The Kier molecular flexibility index (Phi) is 4.98. The predicted octanol–water partition coefficient (Wildman–Crippen LogP) is 0.359. The molecule has 7 nitrogen and oxygen atoms in total. The van der Waals surface area contributed by atoms with Crippen LogP contribution in [-0.2, 0) is 4.79 Å². The number of hydrogen-bond acceptors (Lipinski definition) is 5. The first-order valence-electron chi connectivity index (χ1n) is 6.77. The molecule has 21 heavy (non-hydrogen) atoms. The fourth-order valence-corrected chi connectivity index (χ4v) is 2.43. The molecule has 2 saturated heterocycles. The zero-order valence-electron chi connectivity index (χ0n) is 11.5. The summed E-state index contributed by atoms with van der Waals surface area (Å²) >= 11 is 0. The van der Waals surface area contributed by atoms with Gasteiger partial charge in [-0.05, 0) is 12.1 Å². The molecule has 8 heteroatoms. The largest absolute Gasteiger partial charge is 0.354 e. The lowest BCUT2D eigenvalue weighted by molar-refractivity contribution is -0.120. The van der Waals surface area contributed by atoms with E-state index in [1.807, 2.05) is 12.1 Å². The quantitative estimate of drug-likeness (QED) is 0.824. The molecule has 2 fully saturated rings. The van der Waals surface area contributed by atoms with Gasteiger partial charge in [0, 0.05) is 39.1 Å². The summed E-state index contributed by atoms with van der Waals surface area (Å²) in [6.45, 7) is 4.19. The first-order valence-corrected chi connectivity index (χ1v) is 6.77. The van der Waals surface area contributed by atoms with Crippen LogP contribution in [0.1, 0.15) is 6.42 Å². The number of piperazine rings is 1. The average Bonchev–Trinajstić information content (AvgIpc) is 2.48. The third-order valence-corrected chi connectivity index (χ3v) is 3.54. The molecular formula is C13H18ClN5O2. The molecule has 0 bridgehead atoms. The molecule has 2 N–H and O–H groups in total. The van der Waals surface area contributed by atoms with Crippen molar-refractivity contribution in [3.8, 4) is 0 Å². The van der Waals surface area contributed by atoms with E-state index in [4.69, 9.17) is 0 Å². The molecule has 2 aliphatic rings. The molecule has 3 amide bonds. The maximum atomic E-state index is 11.7. The van der Waals surface area contributed by atoms with E-state index in [0.29, 0.717) is 18.7 Å². The number of imide groups is 1. The topological polar surface area (TPSA) is 77.6 Å². The third kappa shape index (κ3) is 3.43. The lowest BCUT2D eigenvalue weighted by atomic mass is 10.2. The monoisotopic (exact) mass is 311 g/mol. The summed E-state index contributed by atoms with van der Waals surface area (Å²) in [7, 11) is 0. The summed E-state index contributed by atoms with van der Waals surface area (Å²) in [5, 5.41) is 5.60. The van der Waals surface area contributed by atoms with Crippen molar-refractivity contribution in [1.82, 2.24) is 15.6 Å². The smallest absolute Gasteiger partial charge is 0.328 e. The van der Waals surface area contributed by atoms with Crippen LogP contribution in [0.15, 0.2) is 18.3 Å². The van der Waals surface area contributed by atoms with Gasteiger partial charge in [-0.3, -0.25) is 15.0 Å². The number of nitrogens with zero attached hydrogens (tertiary/aromatic N) is 3. The molecule has 0 aliphatic carbocycles. The maximum absolute atomic E-state index is 11.7. The molecule has 3 heterocycles. The van der Waals surface area contributed by atoms with E-state index in [1.165, 1.54) is 4.90 Å². The van der Waals surface area contributed by atoms with Gasteiger partial charge < -0.3 is 10.2 Å². The van der Waals surface area contributed by atoms with E-state index < -0.39 is 0 Å². The van der Waals surface area contributed by atoms with E-state index in [9.17, 15) is 9.59 Å². The van der Waals surface area contributed by atoms with Crippen LogP contribution in [0.2, 0.25) is 0 Å². The van der Waals surface area contributed by atoms with E-state index >= 15 is 0 Å². The van der Waals surface area contributed by atoms with Gasteiger partial charge >= 0.3 is 6.03 Å². The van der Waals surface area contributed by atoms with Crippen LogP contribution >= 0.6 is 12.4 Å². The van der Waals surface area contributed by atoms with Crippen LogP contribution in [0.3, 0.4) is 0 Å². The van der Waals surface area contributed by atoms with Crippen molar-refractivity contribution in [2.45, 2.75) is 6.42 Å². The number of urea groups is 1. The molecule has 0 saturated carbocycles. The molecule has 1 aromatic rings. The fraction of sp³-hybridized carbons (Fsp3) is 0.462. The number of carbonyl (C=O) groups is 2. The van der Waals surface area contributed by atoms with Crippen LogP contribution < -0.4 is 20.4 Å². The van der Waals surface area contributed by atoms with Crippen LogP contribution in [0.4, 0.5) is 16.3 Å². The summed E-state index contributed by atoms with van der Waals surface area (Å²) in [5.41, 5.74) is 0.717. The first kappa shape index (κ1) is 15.5. The van der Waals surface area contributed by atoms with Crippen LogP contribution in [0.25, 0.3) is 0 Å². The number of pyridine rings is 1. The van der Waals surface area contributed by atoms with E-state index in [2.05, 4.69) is 20.5 Å². The number of aromatic nitrogens is 1. The normalized spacial score (nSPS) is 19.0. The van der Waals surface area contributed by atoms with Crippen LogP contribution in [-0.4, -0.2) is 49.6 Å². The minimum atomic E-state index is -0.377. The highest BCUT2D eigenvalue weighted by Gasteiger charge is 2.24. The highest BCUT2D eigenvalue weighted by atomic mass is 35.5. The number of amides is 3. The second-order valence-electron chi connectivity index (χ2n) is 4.87. The van der Waals surface area contributed by atoms with Crippen molar-refractivity contribution < 1.29 is 9.59 Å². The van der Waals surface area contributed by atoms with Gasteiger partial charge in [-0.25, -0.2) is 9.78 Å². The van der Waals surface area contributed by atoms with Gasteiger partial charge in [0.15, 0.2) is 0 Å². The second-order valence-corrected chi connectivity index (χ2v) is 4.87. The van der Waals surface area contributed by atoms with Crippen molar-refractivity contribution in [3.63, 3.8) is 0 Å². The van der Waals surface area contributed by atoms with Crippen molar-refractivity contribution in [3.05, 3.63) is 18.3 Å². The molecule has 0 spiro atoms. The van der Waals surface area contributed by atoms with Crippen molar-refractivity contribution in [2.24, 2.45) is 0 Å². The number of rotatable bonds is 2. The summed E-state index contributed by atoms with van der Waals surface area (Å²) in [6.07, 6.45) is 2.01. The Labute approximate surface area is 129 Å². The molecule has 1 aromatic heterocycles. The number of hydrogen-bond donors (Lipinski definition) is 2. The minimum absolute atomic E-state index is 0. The zero-order chi connectivity index (χ0) is 13.9. The molecule has 2 aliphatic heterocycles. The summed E-state index contributed by atoms with van der Waals surface area (Å²) in [6, 6.07) is 3.42. The molecule has 0 radical (unpaired) electrons. The maximum Gasteiger partial charge on any atom is 0.328 e. The second kappa shape index (κ2) is 6.73. The average molecular weight is 312 g/mol. The third-order valence-electron chi connectivity index (χ3n) is 3.54. The molecule has 3 rings (SSSR count). The summed E-state index contributed by atoms with van der Waals surface area (Å²) < 4.78 is 0. The van der Waals surface area contributed by atoms with Crippen molar-refractivity contribution in [2.75, 3.05) is 42.5 Å². The summed E-state index contributed by atoms with van der Waals surface area (Å²) in [4.78, 5) is 31.0. The first-order chi connectivity index (χ1) is 9.74. The Morgan fingerprint density at radius 2 is 1.86 bits per heavy atom. The SMILES string of the molecule is Cl.O=C1CCN(c2ccc(N3CCNCC3)nc2)C(=O)N1. The Morgan fingerprint density at radius 3 is 2.48 bits per heavy atom. The Bertz CT molecular complexity index is 516. The highest BCUT2D eigenvalue weighted by molar-refractivity contribution is 6.05. The molecule has 0 atom stereocenters. The number of carbonyl (C=O) groups excluding carboxylic acids is 2. The number of halogens is 1. The van der Waals surface area contributed by atoms with E-state index in [-0.39, 0.29) is 24.3 Å². The van der Waals surface area contributed by atoms with Crippen molar-refractivity contribution >= 4 is 35.9 Å². The lowest BCUT2D eigenvalue weighted by Crippen LogP contribution is -2.49. The highest BCUT2D eigenvalue weighted by Crippen LogP contribution is 2.19.